The first-order valence-corrected chi connectivity index (χ1v) is 6.92. The highest BCUT2D eigenvalue weighted by Crippen LogP contribution is 2.34. The lowest BCUT2D eigenvalue weighted by Crippen LogP contribution is -2.18. The van der Waals surface area contributed by atoms with E-state index in [0.717, 1.165) is 35.1 Å². The van der Waals surface area contributed by atoms with Crippen molar-refractivity contribution in [1.29, 1.82) is 0 Å². The number of methoxy groups -OCH3 is 1. The first kappa shape index (κ1) is 13.9. The third kappa shape index (κ3) is 3.34. The molecule has 0 atom stereocenters. The van der Waals surface area contributed by atoms with Gasteiger partial charge in [0.25, 0.3) is 0 Å². The Labute approximate surface area is 123 Å². The highest BCUT2D eigenvalue weighted by molar-refractivity contribution is 5.63. The second kappa shape index (κ2) is 6.60. The molecule has 21 heavy (non-hydrogen) atoms. The van der Waals surface area contributed by atoms with Gasteiger partial charge in [0.05, 0.1) is 12.3 Å². The SMILES string of the molecule is COCCNCc1cc(-c2ccc3c(c2)OCCO3)on1. The van der Waals surface area contributed by atoms with Crippen molar-refractivity contribution < 1.29 is 18.7 Å². The van der Waals surface area contributed by atoms with E-state index in [4.69, 9.17) is 18.7 Å². The van der Waals surface area contributed by atoms with Gasteiger partial charge >= 0.3 is 0 Å². The summed E-state index contributed by atoms with van der Waals surface area (Å²) in [6, 6.07) is 7.67. The highest BCUT2D eigenvalue weighted by Gasteiger charge is 2.14. The topological polar surface area (TPSA) is 65.8 Å². The van der Waals surface area contributed by atoms with Crippen LogP contribution in [-0.2, 0) is 11.3 Å². The fraction of sp³-hybridized carbons (Fsp3) is 0.400. The molecule has 3 rings (SSSR count). The minimum atomic E-state index is 0.571. The number of hydrogen-bond donors (Lipinski definition) is 1. The van der Waals surface area contributed by atoms with Crippen molar-refractivity contribution in [3.8, 4) is 22.8 Å². The summed E-state index contributed by atoms with van der Waals surface area (Å²) in [6.45, 7) is 3.26. The van der Waals surface area contributed by atoms with Crippen molar-refractivity contribution in [2.24, 2.45) is 0 Å². The molecule has 0 saturated heterocycles. The second-order valence-corrected chi connectivity index (χ2v) is 4.71. The second-order valence-electron chi connectivity index (χ2n) is 4.71. The Balaban J connectivity index is 1.68. The molecular formula is C15H18N2O4. The Hall–Kier alpha value is -2.05. The Bertz CT molecular complexity index is 597. The molecule has 2 heterocycles. The predicted molar refractivity (Wildman–Crippen MR) is 76.5 cm³/mol. The number of hydrogen-bond acceptors (Lipinski definition) is 6. The van der Waals surface area contributed by atoms with E-state index in [1.165, 1.54) is 0 Å². The van der Waals surface area contributed by atoms with Gasteiger partial charge in [-0.1, -0.05) is 5.16 Å². The zero-order chi connectivity index (χ0) is 14.5. The van der Waals surface area contributed by atoms with Crippen molar-refractivity contribution in [3.05, 3.63) is 30.0 Å². The van der Waals surface area contributed by atoms with Gasteiger partial charge in [-0.2, -0.15) is 0 Å². The normalized spacial score (nSPS) is 13.4. The average Bonchev–Trinajstić information content (AvgIpc) is 3.00. The monoisotopic (exact) mass is 290 g/mol. The van der Waals surface area contributed by atoms with E-state index < -0.39 is 0 Å². The maximum absolute atomic E-state index is 5.57. The molecule has 0 saturated carbocycles. The standard InChI is InChI=1S/C15H18N2O4/c1-18-5-4-16-10-12-9-14(21-17-12)11-2-3-13-15(8-11)20-7-6-19-13/h2-3,8-9,16H,4-7,10H2,1H3. The van der Waals surface area contributed by atoms with Crippen molar-refractivity contribution in [2.45, 2.75) is 6.54 Å². The number of ether oxygens (including phenoxy) is 3. The third-order valence-corrected chi connectivity index (χ3v) is 3.17. The van der Waals surface area contributed by atoms with Gasteiger partial charge in [0.15, 0.2) is 17.3 Å². The molecule has 0 bridgehead atoms. The first-order valence-electron chi connectivity index (χ1n) is 6.92. The lowest BCUT2D eigenvalue weighted by molar-refractivity contribution is 0.171. The summed E-state index contributed by atoms with van der Waals surface area (Å²) in [5.41, 5.74) is 1.78. The van der Waals surface area contributed by atoms with Crippen LogP contribution in [0, 0.1) is 0 Å². The Kier molecular flexibility index (Phi) is 4.37. The van der Waals surface area contributed by atoms with Gasteiger partial charge in [0, 0.05) is 31.8 Å². The van der Waals surface area contributed by atoms with Gasteiger partial charge in [0.2, 0.25) is 0 Å². The minimum Gasteiger partial charge on any atom is -0.486 e. The summed E-state index contributed by atoms with van der Waals surface area (Å²) in [4.78, 5) is 0. The number of benzene rings is 1. The fourth-order valence-corrected chi connectivity index (χ4v) is 2.12. The zero-order valence-electron chi connectivity index (χ0n) is 11.9. The molecule has 6 nitrogen and oxygen atoms in total. The van der Waals surface area contributed by atoms with Crippen LogP contribution in [0.15, 0.2) is 28.8 Å². The number of nitrogens with one attached hydrogen (secondary N) is 1. The third-order valence-electron chi connectivity index (χ3n) is 3.17. The highest BCUT2D eigenvalue weighted by atomic mass is 16.6. The molecule has 1 aromatic carbocycles. The van der Waals surface area contributed by atoms with E-state index in [0.29, 0.717) is 26.4 Å². The van der Waals surface area contributed by atoms with E-state index in [9.17, 15) is 0 Å². The first-order chi connectivity index (χ1) is 10.4. The summed E-state index contributed by atoms with van der Waals surface area (Å²) in [7, 11) is 1.68. The van der Waals surface area contributed by atoms with Gasteiger partial charge in [0.1, 0.15) is 13.2 Å². The minimum absolute atomic E-state index is 0.571. The van der Waals surface area contributed by atoms with Crippen LogP contribution in [0.2, 0.25) is 0 Å². The smallest absolute Gasteiger partial charge is 0.167 e. The van der Waals surface area contributed by atoms with Crippen LogP contribution < -0.4 is 14.8 Å². The zero-order valence-corrected chi connectivity index (χ0v) is 11.9. The molecule has 0 unspecified atom stereocenters. The molecule has 6 heteroatoms. The van der Waals surface area contributed by atoms with Gasteiger partial charge in [-0.15, -0.1) is 0 Å². The van der Waals surface area contributed by atoms with Crippen LogP contribution in [0.4, 0.5) is 0 Å². The number of aromatic nitrogens is 1. The van der Waals surface area contributed by atoms with Crippen molar-refractivity contribution >= 4 is 0 Å². The summed E-state index contributed by atoms with van der Waals surface area (Å²) in [5, 5.41) is 7.28. The molecule has 2 aromatic rings. The summed E-state index contributed by atoms with van der Waals surface area (Å²) in [6.07, 6.45) is 0. The van der Waals surface area contributed by atoms with E-state index >= 15 is 0 Å². The molecule has 0 radical (unpaired) electrons. The van der Waals surface area contributed by atoms with E-state index in [2.05, 4.69) is 10.5 Å². The lowest BCUT2D eigenvalue weighted by atomic mass is 10.1. The van der Waals surface area contributed by atoms with Crippen LogP contribution in [0.25, 0.3) is 11.3 Å². The molecule has 0 amide bonds. The van der Waals surface area contributed by atoms with Crippen molar-refractivity contribution in [2.75, 3.05) is 33.5 Å². The fourth-order valence-electron chi connectivity index (χ4n) is 2.12. The molecule has 1 aliphatic heterocycles. The van der Waals surface area contributed by atoms with Gasteiger partial charge in [-0.3, -0.25) is 0 Å². The largest absolute Gasteiger partial charge is 0.486 e. The maximum Gasteiger partial charge on any atom is 0.167 e. The van der Waals surface area contributed by atoms with E-state index in [1.807, 2.05) is 24.3 Å². The Morgan fingerprint density at radius 1 is 1.19 bits per heavy atom. The van der Waals surface area contributed by atoms with E-state index in [1.54, 1.807) is 7.11 Å². The predicted octanol–water partition coefficient (Wildman–Crippen LogP) is 1.85. The van der Waals surface area contributed by atoms with Crippen LogP contribution >= 0.6 is 0 Å². The summed E-state index contributed by atoms with van der Waals surface area (Å²) in [5.74, 6) is 2.23. The van der Waals surface area contributed by atoms with Gasteiger partial charge in [-0.05, 0) is 18.2 Å². The van der Waals surface area contributed by atoms with Gasteiger partial charge in [-0.25, -0.2) is 0 Å². The Morgan fingerprint density at radius 2 is 2.05 bits per heavy atom. The molecule has 112 valence electrons. The molecule has 1 aliphatic rings. The van der Waals surface area contributed by atoms with Crippen LogP contribution in [-0.4, -0.2) is 38.6 Å². The molecule has 0 fully saturated rings. The van der Waals surface area contributed by atoms with E-state index in [-0.39, 0.29) is 0 Å². The number of rotatable bonds is 6. The number of nitrogens with zero attached hydrogens (tertiary/aromatic N) is 1. The molecule has 1 aromatic heterocycles. The van der Waals surface area contributed by atoms with Crippen molar-refractivity contribution in [1.82, 2.24) is 10.5 Å². The summed E-state index contributed by atoms with van der Waals surface area (Å²) < 4.78 is 21.4. The maximum atomic E-state index is 5.57. The molecule has 0 spiro atoms. The molecule has 0 aliphatic carbocycles. The molecular weight excluding hydrogens is 272 g/mol. The van der Waals surface area contributed by atoms with Gasteiger partial charge < -0.3 is 24.1 Å². The molecule has 1 N–H and O–H groups in total. The van der Waals surface area contributed by atoms with Crippen LogP contribution in [0.1, 0.15) is 5.69 Å². The van der Waals surface area contributed by atoms with Crippen molar-refractivity contribution in [3.63, 3.8) is 0 Å². The Morgan fingerprint density at radius 3 is 2.90 bits per heavy atom. The van der Waals surface area contributed by atoms with Crippen LogP contribution in [0.5, 0.6) is 11.5 Å². The number of fused-ring (bicyclic) bond motifs is 1. The average molecular weight is 290 g/mol. The quantitative estimate of drug-likeness (QED) is 0.819. The summed E-state index contributed by atoms with van der Waals surface area (Å²) >= 11 is 0. The van der Waals surface area contributed by atoms with Crippen LogP contribution in [0.3, 0.4) is 0 Å². The lowest BCUT2D eigenvalue weighted by Gasteiger charge is -2.18.